The third-order valence-corrected chi connectivity index (χ3v) is 6.95. The van der Waals surface area contributed by atoms with Crippen LogP contribution in [0.15, 0.2) is 65.6 Å². The third kappa shape index (κ3) is 6.29. The Morgan fingerprint density at radius 2 is 1.59 bits per heavy atom. The maximum Gasteiger partial charge on any atom is 0.261 e. The molecule has 0 aliphatic carbocycles. The van der Waals surface area contributed by atoms with Crippen LogP contribution in [0.1, 0.15) is 35.2 Å². The van der Waals surface area contributed by atoms with Gasteiger partial charge in [-0.25, -0.2) is 8.42 Å². The Morgan fingerprint density at radius 1 is 0.912 bits per heavy atom. The number of sulfonamides is 1. The molecule has 7 nitrogen and oxygen atoms in total. The van der Waals surface area contributed by atoms with Gasteiger partial charge in [0.05, 0.1) is 23.7 Å². The van der Waals surface area contributed by atoms with Crippen molar-refractivity contribution in [1.82, 2.24) is 5.32 Å². The molecule has 0 unspecified atom stereocenters. The molecule has 1 atom stereocenters. The topological polar surface area (TPSA) is 93.7 Å². The van der Waals surface area contributed by atoms with Crippen molar-refractivity contribution in [2.75, 3.05) is 18.4 Å². The Balaban J connectivity index is 1.58. The summed E-state index contributed by atoms with van der Waals surface area (Å²) in [4.78, 5) is 12.5. The monoisotopic (exact) mass is 482 g/mol. The fourth-order valence-corrected chi connectivity index (χ4v) is 4.62. The van der Waals surface area contributed by atoms with Crippen molar-refractivity contribution in [3.05, 3.63) is 82.9 Å². The molecule has 0 bridgehead atoms. The first-order valence-corrected chi connectivity index (χ1v) is 12.3. The number of hydrogen-bond donors (Lipinski definition) is 2. The minimum atomic E-state index is -3.78. The van der Waals surface area contributed by atoms with Gasteiger partial charge in [0.1, 0.15) is 11.5 Å². The van der Waals surface area contributed by atoms with Gasteiger partial charge in [-0.3, -0.25) is 9.52 Å². The van der Waals surface area contributed by atoms with Crippen molar-refractivity contribution in [3.63, 3.8) is 0 Å². The second kappa shape index (κ2) is 10.6. The number of hydrogen-bond acceptors (Lipinski definition) is 5. The van der Waals surface area contributed by atoms with Crippen LogP contribution in [0.3, 0.4) is 0 Å². The van der Waals surface area contributed by atoms with E-state index in [9.17, 15) is 13.2 Å². The summed E-state index contributed by atoms with van der Waals surface area (Å²) in [6.45, 7) is 7.90. The zero-order valence-corrected chi connectivity index (χ0v) is 20.8. The number of benzene rings is 3. The average molecular weight is 483 g/mol. The maximum atomic E-state index is 12.7. The van der Waals surface area contributed by atoms with Crippen molar-refractivity contribution in [1.29, 1.82) is 0 Å². The second-order valence-corrected chi connectivity index (χ2v) is 9.86. The molecule has 0 saturated heterocycles. The van der Waals surface area contributed by atoms with Crippen molar-refractivity contribution in [2.45, 2.75) is 38.6 Å². The molecule has 0 heterocycles. The largest absolute Gasteiger partial charge is 0.497 e. The molecule has 180 valence electrons. The number of aryl methyl sites for hydroxylation is 3. The Kier molecular flexibility index (Phi) is 7.83. The number of amides is 1. The molecular formula is C26H30N2O5S. The Labute approximate surface area is 201 Å². The van der Waals surface area contributed by atoms with E-state index in [0.29, 0.717) is 17.2 Å². The minimum absolute atomic E-state index is 0.0750. The number of rotatable bonds is 9. The van der Waals surface area contributed by atoms with E-state index in [-0.39, 0.29) is 23.5 Å². The number of nitrogens with one attached hydrogen (secondary N) is 2. The lowest BCUT2D eigenvalue weighted by Gasteiger charge is -2.18. The van der Waals surface area contributed by atoms with Gasteiger partial charge in [-0.2, -0.15) is 0 Å². The Bertz CT molecular complexity index is 1270. The van der Waals surface area contributed by atoms with Crippen LogP contribution in [0.2, 0.25) is 0 Å². The van der Waals surface area contributed by atoms with E-state index in [1.165, 1.54) is 42.5 Å². The van der Waals surface area contributed by atoms with Gasteiger partial charge < -0.3 is 14.8 Å². The molecule has 34 heavy (non-hydrogen) atoms. The molecule has 3 aromatic carbocycles. The van der Waals surface area contributed by atoms with Crippen LogP contribution in [0, 0.1) is 20.8 Å². The predicted octanol–water partition coefficient (Wildman–Crippen LogP) is 4.68. The van der Waals surface area contributed by atoms with Crippen molar-refractivity contribution < 1.29 is 22.7 Å². The Morgan fingerprint density at radius 3 is 2.26 bits per heavy atom. The zero-order valence-electron chi connectivity index (χ0n) is 20.0. The summed E-state index contributed by atoms with van der Waals surface area (Å²) in [5.41, 5.74) is 4.97. The summed E-state index contributed by atoms with van der Waals surface area (Å²) in [7, 11) is -2.27. The molecule has 0 fully saturated rings. The van der Waals surface area contributed by atoms with E-state index in [0.717, 1.165) is 11.1 Å². The van der Waals surface area contributed by atoms with Crippen molar-refractivity contribution in [2.24, 2.45) is 0 Å². The molecule has 8 heteroatoms. The molecule has 3 rings (SSSR count). The molecule has 0 saturated carbocycles. The first-order chi connectivity index (χ1) is 16.1. The first kappa shape index (κ1) is 25.1. The minimum Gasteiger partial charge on any atom is -0.497 e. The molecular weight excluding hydrogens is 452 g/mol. The van der Waals surface area contributed by atoms with Gasteiger partial charge in [0, 0.05) is 6.07 Å². The zero-order chi connectivity index (χ0) is 24.9. The number of carbonyl (C=O) groups excluding carboxylic acids is 1. The van der Waals surface area contributed by atoms with Gasteiger partial charge in [0.2, 0.25) is 0 Å². The quantitative estimate of drug-likeness (QED) is 0.462. The average Bonchev–Trinajstić information content (AvgIpc) is 2.80. The lowest BCUT2D eigenvalue weighted by molar-refractivity contribution is -0.123. The SMILES string of the molecule is COc1cccc(NS(=O)(=O)c2ccc(OCC(=O)N[C@@H](C)c3cc(C)c(C)cc3C)cc2)c1. The van der Waals surface area contributed by atoms with Crippen LogP contribution >= 0.6 is 0 Å². The van der Waals surface area contributed by atoms with Gasteiger partial charge >= 0.3 is 0 Å². The third-order valence-electron chi connectivity index (χ3n) is 5.55. The van der Waals surface area contributed by atoms with E-state index in [1.807, 2.05) is 20.8 Å². The summed E-state index contributed by atoms with van der Waals surface area (Å²) >= 11 is 0. The lowest BCUT2D eigenvalue weighted by atomic mass is 9.96. The van der Waals surface area contributed by atoms with Gasteiger partial charge in [-0.05, 0) is 86.3 Å². The molecule has 0 aliphatic rings. The normalized spacial score (nSPS) is 12.0. The fourth-order valence-electron chi connectivity index (χ4n) is 3.57. The molecule has 0 aliphatic heterocycles. The summed E-state index contributed by atoms with van der Waals surface area (Å²) < 4.78 is 38.5. The molecule has 2 N–H and O–H groups in total. The predicted molar refractivity (Wildman–Crippen MR) is 133 cm³/mol. The highest BCUT2D eigenvalue weighted by atomic mass is 32.2. The highest BCUT2D eigenvalue weighted by Gasteiger charge is 2.16. The van der Waals surface area contributed by atoms with Crippen LogP contribution < -0.4 is 19.5 Å². The smallest absolute Gasteiger partial charge is 0.261 e. The fraction of sp³-hybridized carbons (Fsp3) is 0.269. The summed E-state index contributed by atoms with van der Waals surface area (Å²) in [6.07, 6.45) is 0. The van der Waals surface area contributed by atoms with Gasteiger partial charge in [0.25, 0.3) is 15.9 Å². The van der Waals surface area contributed by atoms with Crippen LogP contribution in [0.25, 0.3) is 0 Å². The van der Waals surface area contributed by atoms with E-state index in [4.69, 9.17) is 9.47 Å². The molecule has 0 radical (unpaired) electrons. The van der Waals surface area contributed by atoms with Crippen LogP contribution in [0.5, 0.6) is 11.5 Å². The highest BCUT2D eigenvalue weighted by molar-refractivity contribution is 7.92. The molecule has 0 aromatic heterocycles. The molecule has 3 aromatic rings. The maximum absolute atomic E-state index is 12.7. The van der Waals surface area contributed by atoms with Crippen molar-refractivity contribution in [3.8, 4) is 11.5 Å². The summed E-state index contributed by atoms with van der Waals surface area (Å²) in [5.74, 6) is 0.677. The van der Waals surface area contributed by atoms with E-state index in [2.05, 4.69) is 29.1 Å². The van der Waals surface area contributed by atoms with Crippen LogP contribution in [-0.2, 0) is 14.8 Å². The van der Waals surface area contributed by atoms with E-state index >= 15 is 0 Å². The number of methoxy groups -OCH3 is 1. The van der Waals surface area contributed by atoms with E-state index < -0.39 is 10.0 Å². The summed E-state index contributed by atoms with van der Waals surface area (Å²) in [5, 5.41) is 2.95. The van der Waals surface area contributed by atoms with Gasteiger partial charge in [0.15, 0.2) is 6.61 Å². The van der Waals surface area contributed by atoms with Gasteiger partial charge in [-0.15, -0.1) is 0 Å². The second-order valence-electron chi connectivity index (χ2n) is 8.18. The number of anilines is 1. The Hall–Kier alpha value is -3.52. The standard InChI is InChI=1S/C26H30N2O5S/c1-17-13-19(3)25(14-18(17)2)20(4)27-26(29)16-33-22-9-11-24(12-10-22)34(30,31)28-21-7-6-8-23(15-21)32-5/h6-15,20,28H,16H2,1-5H3,(H,27,29)/t20-/m0/s1. The molecule has 1 amide bonds. The van der Waals surface area contributed by atoms with Crippen molar-refractivity contribution >= 4 is 21.6 Å². The summed E-state index contributed by atoms with van der Waals surface area (Å²) in [6, 6.07) is 16.6. The first-order valence-electron chi connectivity index (χ1n) is 10.9. The van der Waals surface area contributed by atoms with Gasteiger partial charge in [-0.1, -0.05) is 18.2 Å². The van der Waals surface area contributed by atoms with E-state index in [1.54, 1.807) is 24.3 Å². The lowest BCUT2D eigenvalue weighted by Crippen LogP contribution is -2.31. The molecule has 0 spiro atoms. The number of ether oxygens (including phenoxy) is 2. The number of carbonyl (C=O) groups is 1. The highest BCUT2D eigenvalue weighted by Crippen LogP contribution is 2.23. The van der Waals surface area contributed by atoms with Crippen LogP contribution in [-0.4, -0.2) is 28.0 Å². The van der Waals surface area contributed by atoms with Crippen LogP contribution in [0.4, 0.5) is 5.69 Å².